The number of rotatable bonds is 4. The highest BCUT2D eigenvalue weighted by Gasteiger charge is 2.35. The number of amides is 2. The third-order valence-corrected chi connectivity index (χ3v) is 3.85. The van der Waals surface area contributed by atoms with Gasteiger partial charge in [0.1, 0.15) is 0 Å². The Labute approximate surface area is 122 Å². The molecule has 1 heterocycles. The van der Waals surface area contributed by atoms with E-state index >= 15 is 0 Å². The molecule has 1 fully saturated rings. The number of carbonyl (C=O) groups is 2. The van der Waals surface area contributed by atoms with Gasteiger partial charge in [0.15, 0.2) is 0 Å². The first-order valence-electron chi connectivity index (χ1n) is 6.56. The summed E-state index contributed by atoms with van der Waals surface area (Å²) in [5.41, 5.74) is 7.01. The minimum Gasteiger partial charge on any atom is -0.381 e. The number of benzene rings is 1. The van der Waals surface area contributed by atoms with Crippen molar-refractivity contribution in [1.29, 1.82) is 0 Å². The van der Waals surface area contributed by atoms with Crippen LogP contribution in [0.5, 0.6) is 0 Å². The molecule has 0 atom stereocenters. The Hall–Kier alpha value is -1.96. The smallest absolute Gasteiger partial charge is 0.275 e. The van der Waals surface area contributed by atoms with Gasteiger partial charge < -0.3 is 15.2 Å². The minimum atomic E-state index is -0.788. The normalized spacial score (nSPS) is 17.2. The first-order valence-corrected chi connectivity index (χ1v) is 6.56. The molecule has 1 aliphatic heterocycles. The molecule has 0 radical (unpaired) electrons. The summed E-state index contributed by atoms with van der Waals surface area (Å²) in [6, 6.07) is 4.71. The van der Waals surface area contributed by atoms with Crippen LogP contribution in [0.25, 0.3) is 0 Å². The zero-order chi connectivity index (χ0) is 15.5. The molecule has 0 spiro atoms. The van der Waals surface area contributed by atoms with Gasteiger partial charge in [0.05, 0.1) is 16.7 Å². The molecule has 4 N–H and O–H groups in total. The standard InChI is InChI=1S/C14H18N2O5/c1-20-14(4-6-21-7-5-14)9-2-3-10(12(15)17)11(8-9)13(18)16-19/h2-3,8,19H,4-7H2,1H3,(H2,15,17)(H,16,18). The second-order valence-electron chi connectivity index (χ2n) is 4.88. The Kier molecular flexibility index (Phi) is 4.56. The van der Waals surface area contributed by atoms with Crippen LogP contribution in [0.1, 0.15) is 39.1 Å². The molecule has 7 nitrogen and oxygen atoms in total. The molecule has 1 aliphatic rings. The van der Waals surface area contributed by atoms with Crippen LogP contribution in [0, 0.1) is 0 Å². The molecular formula is C14H18N2O5. The van der Waals surface area contributed by atoms with Crippen LogP contribution >= 0.6 is 0 Å². The number of primary amides is 1. The lowest BCUT2D eigenvalue weighted by atomic mass is 9.84. The van der Waals surface area contributed by atoms with E-state index < -0.39 is 17.4 Å². The SMILES string of the molecule is COC1(c2ccc(C(N)=O)c(C(=O)NO)c2)CCOCC1. The van der Waals surface area contributed by atoms with Crippen molar-refractivity contribution in [3.63, 3.8) is 0 Å². The first-order chi connectivity index (χ1) is 10.0. The summed E-state index contributed by atoms with van der Waals surface area (Å²) in [7, 11) is 1.60. The van der Waals surface area contributed by atoms with E-state index in [1.54, 1.807) is 13.2 Å². The summed E-state index contributed by atoms with van der Waals surface area (Å²) in [6.07, 6.45) is 1.28. The maximum atomic E-state index is 11.7. The van der Waals surface area contributed by atoms with Gasteiger partial charge in [0, 0.05) is 33.2 Å². The molecule has 1 aromatic carbocycles. The third-order valence-electron chi connectivity index (χ3n) is 3.85. The van der Waals surface area contributed by atoms with Gasteiger partial charge in [0.25, 0.3) is 5.91 Å². The Morgan fingerprint density at radius 2 is 2.00 bits per heavy atom. The molecule has 0 bridgehead atoms. The maximum absolute atomic E-state index is 11.7. The van der Waals surface area contributed by atoms with E-state index in [4.69, 9.17) is 20.4 Å². The molecule has 1 saturated heterocycles. The van der Waals surface area contributed by atoms with Crippen molar-refractivity contribution in [2.45, 2.75) is 18.4 Å². The number of hydrogen-bond donors (Lipinski definition) is 3. The van der Waals surface area contributed by atoms with Gasteiger partial charge in [-0.05, 0) is 17.7 Å². The Morgan fingerprint density at radius 1 is 1.33 bits per heavy atom. The number of hydroxylamine groups is 1. The van der Waals surface area contributed by atoms with Crippen molar-refractivity contribution in [2.24, 2.45) is 5.73 Å². The van der Waals surface area contributed by atoms with E-state index in [1.807, 2.05) is 0 Å². The largest absolute Gasteiger partial charge is 0.381 e. The van der Waals surface area contributed by atoms with Crippen LogP contribution in [0.3, 0.4) is 0 Å². The molecule has 2 rings (SSSR count). The summed E-state index contributed by atoms with van der Waals surface area (Å²) >= 11 is 0. The highest BCUT2D eigenvalue weighted by Crippen LogP contribution is 2.36. The Morgan fingerprint density at radius 3 is 2.52 bits per heavy atom. The number of hydrogen-bond acceptors (Lipinski definition) is 5. The molecule has 7 heteroatoms. The van der Waals surface area contributed by atoms with Crippen LogP contribution in [0.15, 0.2) is 18.2 Å². The van der Waals surface area contributed by atoms with Gasteiger partial charge in [-0.3, -0.25) is 14.8 Å². The average molecular weight is 294 g/mol. The van der Waals surface area contributed by atoms with E-state index in [-0.39, 0.29) is 11.1 Å². The summed E-state index contributed by atoms with van der Waals surface area (Å²) in [5.74, 6) is -1.53. The van der Waals surface area contributed by atoms with Gasteiger partial charge in [-0.1, -0.05) is 6.07 Å². The highest BCUT2D eigenvalue weighted by molar-refractivity contribution is 6.06. The number of nitrogens with two attached hydrogens (primary N) is 1. The van der Waals surface area contributed by atoms with Gasteiger partial charge in [-0.2, -0.15) is 0 Å². The lowest BCUT2D eigenvalue weighted by Crippen LogP contribution is -2.36. The second kappa shape index (κ2) is 6.21. The van der Waals surface area contributed by atoms with Gasteiger partial charge in [0.2, 0.25) is 5.91 Å². The van der Waals surface area contributed by atoms with E-state index in [2.05, 4.69) is 0 Å². The second-order valence-corrected chi connectivity index (χ2v) is 4.88. The van der Waals surface area contributed by atoms with E-state index in [9.17, 15) is 9.59 Å². The first kappa shape index (κ1) is 15.4. The Bertz CT molecular complexity index is 552. The van der Waals surface area contributed by atoms with Crippen molar-refractivity contribution in [3.05, 3.63) is 34.9 Å². The summed E-state index contributed by atoms with van der Waals surface area (Å²) in [4.78, 5) is 23.1. The summed E-state index contributed by atoms with van der Waals surface area (Å²) in [6.45, 7) is 1.10. The topological polar surface area (TPSA) is 111 Å². The molecule has 0 saturated carbocycles. The summed E-state index contributed by atoms with van der Waals surface area (Å²) in [5, 5.41) is 8.81. The monoisotopic (exact) mass is 294 g/mol. The highest BCUT2D eigenvalue weighted by atomic mass is 16.5. The van der Waals surface area contributed by atoms with Crippen LogP contribution in [0.2, 0.25) is 0 Å². The quantitative estimate of drug-likeness (QED) is 0.555. The van der Waals surface area contributed by atoms with Crippen molar-refractivity contribution >= 4 is 11.8 Å². The zero-order valence-corrected chi connectivity index (χ0v) is 11.7. The third kappa shape index (κ3) is 2.90. The molecule has 1 aromatic rings. The van der Waals surface area contributed by atoms with Gasteiger partial charge in [-0.15, -0.1) is 0 Å². The number of nitrogens with one attached hydrogen (secondary N) is 1. The molecule has 114 valence electrons. The maximum Gasteiger partial charge on any atom is 0.275 e. The van der Waals surface area contributed by atoms with Crippen LogP contribution in [-0.2, 0) is 15.1 Å². The number of methoxy groups -OCH3 is 1. The molecule has 0 unspecified atom stereocenters. The number of carbonyl (C=O) groups excluding carboxylic acids is 2. The Balaban J connectivity index is 2.50. The molecule has 21 heavy (non-hydrogen) atoms. The van der Waals surface area contributed by atoms with E-state index in [1.165, 1.54) is 17.6 Å². The van der Waals surface area contributed by atoms with Crippen molar-refractivity contribution in [2.75, 3.05) is 20.3 Å². The molecular weight excluding hydrogens is 276 g/mol. The fourth-order valence-corrected chi connectivity index (χ4v) is 2.60. The molecule has 2 amide bonds. The van der Waals surface area contributed by atoms with Crippen molar-refractivity contribution in [1.82, 2.24) is 5.48 Å². The average Bonchev–Trinajstić information content (AvgIpc) is 2.54. The number of ether oxygens (including phenoxy) is 2. The van der Waals surface area contributed by atoms with Gasteiger partial charge in [-0.25, -0.2) is 5.48 Å². The van der Waals surface area contributed by atoms with Gasteiger partial charge >= 0.3 is 0 Å². The summed E-state index contributed by atoms with van der Waals surface area (Å²) < 4.78 is 11.0. The molecule has 0 aliphatic carbocycles. The van der Waals surface area contributed by atoms with Crippen molar-refractivity contribution < 1.29 is 24.3 Å². The fourth-order valence-electron chi connectivity index (χ4n) is 2.60. The molecule has 0 aromatic heterocycles. The van der Waals surface area contributed by atoms with E-state index in [0.29, 0.717) is 26.1 Å². The lowest BCUT2D eigenvalue weighted by Gasteiger charge is -2.36. The zero-order valence-electron chi connectivity index (χ0n) is 11.7. The van der Waals surface area contributed by atoms with Crippen LogP contribution in [0.4, 0.5) is 0 Å². The predicted molar refractivity (Wildman–Crippen MR) is 73.0 cm³/mol. The predicted octanol–water partition coefficient (Wildman–Crippen LogP) is 0.557. The van der Waals surface area contributed by atoms with Crippen molar-refractivity contribution in [3.8, 4) is 0 Å². The minimum absolute atomic E-state index is 0.0189. The van der Waals surface area contributed by atoms with Crippen LogP contribution < -0.4 is 11.2 Å². The fraction of sp³-hybridized carbons (Fsp3) is 0.429. The lowest BCUT2D eigenvalue weighted by molar-refractivity contribution is -0.0948. The van der Waals surface area contributed by atoms with E-state index in [0.717, 1.165) is 5.56 Å². The van der Waals surface area contributed by atoms with Crippen LogP contribution in [-0.4, -0.2) is 37.3 Å².